The Morgan fingerprint density at radius 2 is 1.73 bits per heavy atom. The SMILES string of the molecule is Cc1cccc(N2CCN(CC(=O)NCCNc3ccc([N+](=O)[O-])cc3)CC2)c1C. The molecule has 0 aromatic heterocycles. The zero-order chi connectivity index (χ0) is 21.5. The van der Waals surface area contributed by atoms with Crippen molar-refractivity contribution in [2.75, 3.05) is 56.0 Å². The lowest BCUT2D eigenvalue weighted by Gasteiger charge is -2.36. The third-order valence-corrected chi connectivity index (χ3v) is 5.51. The molecule has 2 N–H and O–H groups in total. The monoisotopic (exact) mass is 411 g/mol. The van der Waals surface area contributed by atoms with Gasteiger partial charge in [0.15, 0.2) is 0 Å². The number of hydrogen-bond acceptors (Lipinski definition) is 6. The summed E-state index contributed by atoms with van der Waals surface area (Å²) in [7, 11) is 0. The summed E-state index contributed by atoms with van der Waals surface area (Å²) in [6, 6.07) is 12.6. The minimum Gasteiger partial charge on any atom is -0.383 e. The first-order valence-electron chi connectivity index (χ1n) is 10.2. The van der Waals surface area contributed by atoms with Crippen molar-refractivity contribution in [3.8, 4) is 0 Å². The maximum atomic E-state index is 12.2. The van der Waals surface area contributed by atoms with Gasteiger partial charge in [0.1, 0.15) is 0 Å². The van der Waals surface area contributed by atoms with E-state index in [0.29, 0.717) is 19.6 Å². The lowest BCUT2D eigenvalue weighted by atomic mass is 10.1. The first kappa shape index (κ1) is 21.6. The number of piperazine rings is 1. The van der Waals surface area contributed by atoms with Crippen LogP contribution >= 0.6 is 0 Å². The first-order chi connectivity index (χ1) is 14.4. The van der Waals surface area contributed by atoms with E-state index in [0.717, 1.165) is 31.9 Å². The molecule has 8 nitrogen and oxygen atoms in total. The predicted molar refractivity (Wildman–Crippen MR) is 119 cm³/mol. The van der Waals surface area contributed by atoms with Crippen molar-refractivity contribution >= 4 is 23.0 Å². The van der Waals surface area contributed by atoms with E-state index >= 15 is 0 Å². The van der Waals surface area contributed by atoms with Gasteiger partial charge in [0.2, 0.25) is 5.91 Å². The predicted octanol–water partition coefficient (Wildman–Crippen LogP) is 2.56. The molecule has 160 valence electrons. The topological polar surface area (TPSA) is 90.8 Å². The maximum absolute atomic E-state index is 12.2. The highest BCUT2D eigenvalue weighted by Gasteiger charge is 2.20. The van der Waals surface area contributed by atoms with E-state index in [2.05, 4.69) is 52.5 Å². The molecule has 0 atom stereocenters. The number of nitrogens with zero attached hydrogens (tertiary/aromatic N) is 3. The van der Waals surface area contributed by atoms with Gasteiger partial charge >= 0.3 is 0 Å². The van der Waals surface area contributed by atoms with E-state index < -0.39 is 4.92 Å². The normalized spacial score (nSPS) is 14.4. The molecule has 0 unspecified atom stereocenters. The molecule has 30 heavy (non-hydrogen) atoms. The van der Waals surface area contributed by atoms with E-state index in [1.54, 1.807) is 12.1 Å². The van der Waals surface area contributed by atoms with Gasteiger partial charge in [-0.25, -0.2) is 0 Å². The third-order valence-electron chi connectivity index (χ3n) is 5.51. The highest BCUT2D eigenvalue weighted by molar-refractivity contribution is 5.78. The molecule has 1 saturated heterocycles. The minimum atomic E-state index is -0.425. The van der Waals surface area contributed by atoms with Gasteiger partial charge in [-0.1, -0.05) is 12.1 Å². The van der Waals surface area contributed by atoms with Gasteiger partial charge in [0.05, 0.1) is 11.5 Å². The van der Waals surface area contributed by atoms with Crippen molar-refractivity contribution in [3.05, 3.63) is 63.7 Å². The largest absolute Gasteiger partial charge is 0.383 e. The van der Waals surface area contributed by atoms with Crippen molar-refractivity contribution in [1.29, 1.82) is 0 Å². The Hall–Kier alpha value is -3.13. The summed E-state index contributed by atoms with van der Waals surface area (Å²) < 4.78 is 0. The maximum Gasteiger partial charge on any atom is 0.269 e. The fourth-order valence-electron chi connectivity index (χ4n) is 3.59. The highest BCUT2D eigenvalue weighted by atomic mass is 16.6. The molecule has 1 aliphatic rings. The number of benzene rings is 2. The number of hydrogen-bond donors (Lipinski definition) is 2. The standard InChI is InChI=1S/C22H29N5O3/c1-17-4-3-5-21(18(17)2)26-14-12-25(13-15-26)16-22(28)24-11-10-23-19-6-8-20(9-7-19)27(29)30/h3-9,23H,10-16H2,1-2H3,(H,24,28). The summed E-state index contributed by atoms with van der Waals surface area (Å²) in [5.41, 5.74) is 4.76. The van der Waals surface area contributed by atoms with Gasteiger partial charge in [0, 0.05) is 62.8 Å². The van der Waals surface area contributed by atoms with Crippen molar-refractivity contribution in [1.82, 2.24) is 10.2 Å². The Morgan fingerprint density at radius 3 is 2.40 bits per heavy atom. The fourth-order valence-corrected chi connectivity index (χ4v) is 3.59. The van der Waals surface area contributed by atoms with Crippen LogP contribution in [0.25, 0.3) is 0 Å². The Morgan fingerprint density at radius 1 is 1.03 bits per heavy atom. The molecule has 8 heteroatoms. The molecule has 2 aromatic rings. The molecule has 0 spiro atoms. The number of nitro benzene ring substituents is 1. The Bertz CT molecular complexity index is 877. The molecular formula is C22H29N5O3. The molecule has 1 fully saturated rings. The molecule has 0 bridgehead atoms. The average Bonchev–Trinajstić information content (AvgIpc) is 2.74. The molecule has 1 amide bonds. The molecule has 0 saturated carbocycles. The molecule has 3 rings (SSSR count). The van der Waals surface area contributed by atoms with Crippen LogP contribution in [0.5, 0.6) is 0 Å². The van der Waals surface area contributed by atoms with Crippen molar-refractivity contribution in [2.45, 2.75) is 13.8 Å². The lowest BCUT2D eigenvalue weighted by Crippen LogP contribution is -2.50. The Labute approximate surface area is 177 Å². The number of carbonyl (C=O) groups is 1. The van der Waals surface area contributed by atoms with E-state index in [1.165, 1.54) is 28.9 Å². The fraction of sp³-hybridized carbons (Fsp3) is 0.409. The zero-order valence-corrected chi connectivity index (χ0v) is 17.6. The van der Waals surface area contributed by atoms with Gasteiger partial charge < -0.3 is 15.5 Å². The number of non-ortho nitro benzene ring substituents is 1. The van der Waals surface area contributed by atoms with Gasteiger partial charge in [-0.2, -0.15) is 0 Å². The number of nitrogens with one attached hydrogen (secondary N) is 2. The third kappa shape index (κ3) is 5.70. The minimum absolute atomic E-state index is 0.0145. The van der Waals surface area contributed by atoms with Crippen LogP contribution in [-0.2, 0) is 4.79 Å². The lowest BCUT2D eigenvalue weighted by molar-refractivity contribution is -0.384. The molecule has 1 heterocycles. The number of anilines is 2. The van der Waals surface area contributed by atoms with Crippen LogP contribution in [0.4, 0.5) is 17.1 Å². The summed E-state index contributed by atoms with van der Waals surface area (Å²) in [6.07, 6.45) is 0. The van der Waals surface area contributed by atoms with Crippen LogP contribution in [0, 0.1) is 24.0 Å². The average molecular weight is 412 g/mol. The van der Waals surface area contributed by atoms with Crippen molar-refractivity contribution in [2.24, 2.45) is 0 Å². The Kier molecular flexibility index (Phi) is 7.24. The molecule has 2 aromatic carbocycles. The molecule has 1 aliphatic heterocycles. The van der Waals surface area contributed by atoms with E-state index in [9.17, 15) is 14.9 Å². The van der Waals surface area contributed by atoms with Crippen LogP contribution in [0.15, 0.2) is 42.5 Å². The van der Waals surface area contributed by atoms with Gasteiger partial charge in [-0.15, -0.1) is 0 Å². The number of amides is 1. The molecular weight excluding hydrogens is 382 g/mol. The first-order valence-corrected chi connectivity index (χ1v) is 10.2. The van der Waals surface area contributed by atoms with Gasteiger partial charge in [-0.05, 0) is 43.2 Å². The van der Waals surface area contributed by atoms with E-state index in [4.69, 9.17) is 0 Å². The second-order valence-electron chi connectivity index (χ2n) is 7.56. The number of carbonyl (C=O) groups excluding carboxylic acids is 1. The molecule has 0 aliphatic carbocycles. The Balaban J connectivity index is 1.35. The second-order valence-corrected chi connectivity index (χ2v) is 7.56. The molecule has 0 radical (unpaired) electrons. The summed E-state index contributed by atoms with van der Waals surface area (Å²) in [6.45, 7) is 9.31. The summed E-state index contributed by atoms with van der Waals surface area (Å²) in [5, 5.41) is 16.7. The van der Waals surface area contributed by atoms with Crippen LogP contribution in [0.1, 0.15) is 11.1 Å². The summed E-state index contributed by atoms with van der Waals surface area (Å²) >= 11 is 0. The summed E-state index contributed by atoms with van der Waals surface area (Å²) in [4.78, 5) is 27.0. The number of rotatable bonds is 8. The summed E-state index contributed by atoms with van der Waals surface area (Å²) in [5.74, 6) is 0.0145. The van der Waals surface area contributed by atoms with Gasteiger partial charge in [0.25, 0.3) is 5.69 Å². The van der Waals surface area contributed by atoms with Crippen LogP contribution in [-0.4, -0.2) is 61.5 Å². The number of aryl methyl sites for hydroxylation is 1. The van der Waals surface area contributed by atoms with E-state index in [-0.39, 0.29) is 11.6 Å². The van der Waals surface area contributed by atoms with Gasteiger partial charge in [-0.3, -0.25) is 19.8 Å². The zero-order valence-electron chi connectivity index (χ0n) is 17.6. The second kappa shape index (κ2) is 10.1. The number of nitro groups is 1. The van der Waals surface area contributed by atoms with Crippen molar-refractivity contribution in [3.63, 3.8) is 0 Å². The van der Waals surface area contributed by atoms with Crippen LogP contribution in [0.3, 0.4) is 0 Å². The van der Waals surface area contributed by atoms with Crippen molar-refractivity contribution < 1.29 is 9.72 Å². The van der Waals surface area contributed by atoms with E-state index in [1.807, 2.05) is 0 Å². The van der Waals surface area contributed by atoms with Crippen LogP contribution in [0.2, 0.25) is 0 Å². The smallest absolute Gasteiger partial charge is 0.269 e. The van der Waals surface area contributed by atoms with Crippen LogP contribution < -0.4 is 15.5 Å². The quantitative estimate of drug-likeness (QED) is 0.394. The highest BCUT2D eigenvalue weighted by Crippen LogP contribution is 2.23.